The first-order chi connectivity index (χ1) is 10.1. The fourth-order valence-electron chi connectivity index (χ4n) is 2.82. The number of benzene rings is 1. The standard InChI is InChI=1S/C15H19N3O2S/c1-16-13-7-4-10-18(11-13)21(19,20)14-8-2-5-12-6-3-9-17-15(12)14/h2-3,5-6,8-9,13,16H,4,7,10-11H2,1H3. The van der Waals surface area contributed by atoms with Crippen molar-refractivity contribution in [2.75, 3.05) is 20.1 Å². The van der Waals surface area contributed by atoms with Crippen LogP contribution in [0.25, 0.3) is 10.9 Å². The van der Waals surface area contributed by atoms with Gasteiger partial charge in [-0.25, -0.2) is 8.42 Å². The van der Waals surface area contributed by atoms with E-state index in [0.717, 1.165) is 18.2 Å². The zero-order valence-corrected chi connectivity index (χ0v) is 12.8. The molecule has 1 fully saturated rings. The second-order valence-corrected chi connectivity index (χ2v) is 7.23. The fraction of sp³-hybridized carbons (Fsp3) is 0.400. The third kappa shape index (κ3) is 2.66. The van der Waals surface area contributed by atoms with Crippen LogP contribution in [0.3, 0.4) is 0 Å². The largest absolute Gasteiger partial charge is 0.316 e. The number of para-hydroxylation sites is 1. The Bertz CT molecular complexity index is 740. The third-order valence-corrected chi connectivity index (χ3v) is 5.90. The highest BCUT2D eigenvalue weighted by molar-refractivity contribution is 7.89. The number of nitrogens with one attached hydrogen (secondary N) is 1. The number of hydrogen-bond acceptors (Lipinski definition) is 4. The molecule has 0 spiro atoms. The third-order valence-electron chi connectivity index (χ3n) is 4.01. The molecular weight excluding hydrogens is 286 g/mol. The van der Waals surface area contributed by atoms with E-state index in [-0.39, 0.29) is 6.04 Å². The molecule has 0 saturated carbocycles. The molecule has 1 saturated heterocycles. The van der Waals surface area contributed by atoms with Gasteiger partial charge in [-0.3, -0.25) is 4.98 Å². The second-order valence-electron chi connectivity index (χ2n) is 5.32. The summed E-state index contributed by atoms with van der Waals surface area (Å²) in [5.74, 6) is 0. The maximum absolute atomic E-state index is 12.9. The smallest absolute Gasteiger partial charge is 0.245 e. The number of piperidine rings is 1. The molecule has 1 unspecified atom stereocenters. The molecule has 2 aromatic rings. The van der Waals surface area contributed by atoms with Crippen LogP contribution in [0.15, 0.2) is 41.4 Å². The summed E-state index contributed by atoms with van der Waals surface area (Å²) in [4.78, 5) is 4.56. The minimum atomic E-state index is -3.50. The number of hydrogen-bond donors (Lipinski definition) is 1. The molecule has 0 amide bonds. The van der Waals surface area contributed by atoms with Crippen molar-refractivity contribution in [2.45, 2.75) is 23.8 Å². The van der Waals surface area contributed by atoms with Gasteiger partial charge >= 0.3 is 0 Å². The molecule has 112 valence electrons. The molecule has 1 aromatic heterocycles. The first-order valence-corrected chi connectivity index (χ1v) is 8.58. The van der Waals surface area contributed by atoms with Crippen molar-refractivity contribution in [3.63, 3.8) is 0 Å². The lowest BCUT2D eigenvalue weighted by atomic mass is 10.1. The average molecular weight is 305 g/mol. The number of rotatable bonds is 3. The summed E-state index contributed by atoms with van der Waals surface area (Å²) in [7, 11) is -1.63. The maximum Gasteiger partial charge on any atom is 0.245 e. The Morgan fingerprint density at radius 3 is 2.90 bits per heavy atom. The van der Waals surface area contributed by atoms with Crippen LogP contribution in [-0.2, 0) is 10.0 Å². The van der Waals surface area contributed by atoms with Gasteiger partial charge in [0.25, 0.3) is 0 Å². The van der Waals surface area contributed by atoms with Crippen LogP contribution in [0, 0.1) is 0 Å². The SMILES string of the molecule is CNC1CCCN(S(=O)(=O)c2cccc3cccnc23)C1. The van der Waals surface area contributed by atoms with Crippen LogP contribution in [-0.4, -0.2) is 43.9 Å². The lowest BCUT2D eigenvalue weighted by molar-refractivity contribution is 0.293. The van der Waals surface area contributed by atoms with E-state index in [1.165, 1.54) is 0 Å². The highest BCUT2D eigenvalue weighted by Crippen LogP contribution is 2.26. The molecule has 21 heavy (non-hydrogen) atoms. The van der Waals surface area contributed by atoms with Gasteiger partial charge in [0.2, 0.25) is 10.0 Å². The minimum Gasteiger partial charge on any atom is -0.316 e. The summed E-state index contributed by atoms with van der Waals surface area (Å²) in [5, 5.41) is 4.02. The van der Waals surface area contributed by atoms with Gasteiger partial charge in [-0.05, 0) is 32.0 Å². The van der Waals surface area contributed by atoms with Gasteiger partial charge in [0.15, 0.2) is 0 Å². The molecule has 0 aliphatic carbocycles. The number of aromatic nitrogens is 1. The highest BCUT2D eigenvalue weighted by Gasteiger charge is 2.31. The van der Waals surface area contributed by atoms with Crippen LogP contribution in [0.5, 0.6) is 0 Å². The molecule has 0 bridgehead atoms. The van der Waals surface area contributed by atoms with E-state index in [1.807, 2.05) is 25.2 Å². The van der Waals surface area contributed by atoms with Gasteiger partial charge in [-0.2, -0.15) is 4.31 Å². The van der Waals surface area contributed by atoms with E-state index in [9.17, 15) is 8.42 Å². The van der Waals surface area contributed by atoms with Crippen LogP contribution < -0.4 is 5.32 Å². The number of sulfonamides is 1. The molecule has 1 aromatic carbocycles. The molecule has 6 heteroatoms. The Balaban J connectivity index is 2.04. The number of pyridine rings is 1. The van der Waals surface area contributed by atoms with E-state index in [2.05, 4.69) is 10.3 Å². The Labute approximate surface area is 125 Å². The zero-order chi connectivity index (χ0) is 14.9. The molecule has 2 heterocycles. The van der Waals surface area contributed by atoms with Crippen molar-refractivity contribution in [3.8, 4) is 0 Å². The van der Waals surface area contributed by atoms with E-state index >= 15 is 0 Å². The summed E-state index contributed by atoms with van der Waals surface area (Å²) in [5.41, 5.74) is 0.548. The molecule has 5 nitrogen and oxygen atoms in total. The monoisotopic (exact) mass is 305 g/mol. The minimum absolute atomic E-state index is 0.219. The number of fused-ring (bicyclic) bond motifs is 1. The molecule has 1 atom stereocenters. The lowest BCUT2D eigenvalue weighted by Gasteiger charge is -2.31. The van der Waals surface area contributed by atoms with Crippen LogP contribution in [0.4, 0.5) is 0 Å². The maximum atomic E-state index is 12.9. The van der Waals surface area contributed by atoms with Crippen molar-refractivity contribution in [2.24, 2.45) is 0 Å². The predicted molar refractivity (Wildman–Crippen MR) is 82.6 cm³/mol. The average Bonchev–Trinajstić information content (AvgIpc) is 2.54. The van der Waals surface area contributed by atoms with Gasteiger partial charge < -0.3 is 5.32 Å². The van der Waals surface area contributed by atoms with E-state index in [0.29, 0.717) is 23.5 Å². The quantitative estimate of drug-likeness (QED) is 0.936. The summed E-state index contributed by atoms with van der Waals surface area (Å²) < 4.78 is 27.4. The topological polar surface area (TPSA) is 62.3 Å². The fourth-order valence-corrected chi connectivity index (χ4v) is 4.51. The second kappa shape index (κ2) is 5.71. The van der Waals surface area contributed by atoms with Crippen molar-refractivity contribution in [1.82, 2.24) is 14.6 Å². The zero-order valence-electron chi connectivity index (χ0n) is 12.0. The summed E-state index contributed by atoms with van der Waals surface area (Å²) >= 11 is 0. The molecule has 1 aliphatic rings. The number of nitrogens with zero attached hydrogens (tertiary/aromatic N) is 2. The first kappa shape index (κ1) is 14.4. The van der Waals surface area contributed by atoms with E-state index < -0.39 is 10.0 Å². The Kier molecular flexibility index (Phi) is 3.93. The Morgan fingerprint density at radius 1 is 1.29 bits per heavy atom. The molecule has 0 radical (unpaired) electrons. The summed E-state index contributed by atoms with van der Waals surface area (Å²) in [6.45, 7) is 1.09. The van der Waals surface area contributed by atoms with Crippen molar-refractivity contribution in [3.05, 3.63) is 36.5 Å². The Hall–Kier alpha value is -1.50. The molecular formula is C15H19N3O2S. The van der Waals surface area contributed by atoms with Crippen molar-refractivity contribution in [1.29, 1.82) is 0 Å². The van der Waals surface area contributed by atoms with Crippen molar-refractivity contribution >= 4 is 20.9 Å². The highest BCUT2D eigenvalue weighted by atomic mass is 32.2. The molecule has 1 N–H and O–H groups in total. The lowest BCUT2D eigenvalue weighted by Crippen LogP contribution is -2.46. The van der Waals surface area contributed by atoms with Crippen molar-refractivity contribution < 1.29 is 8.42 Å². The van der Waals surface area contributed by atoms with Gasteiger partial charge in [0.1, 0.15) is 4.90 Å². The van der Waals surface area contributed by atoms with E-state index in [1.54, 1.807) is 22.6 Å². The normalized spacial score (nSPS) is 20.7. The first-order valence-electron chi connectivity index (χ1n) is 7.14. The van der Waals surface area contributed by atoms with Crippen LogP contribution in [0.2, 0.25) is 0 Å². The van der Waals surface area contributed by atoms with Crippen LogP contribution in [0.1, 0.15) is 12.8 Å². The molecule has 3 rings (SSSR count). The predicted octanol–water partition coefficient (Wildman–Crippen LogP) is 1.61. The van der Waals surface area contributed by atoms with E-state index in [4.69, 9.17) is 0 Å². The Morgan fingerprint density at radius 2 is 2.10 bits per heavy atom. The number of likely N-dealkylation sites (N-methyl/N-ethyl adjacent to an activating group) is 1. The van der Waals surface area contributed by atoms with Gasteiger partial charge in [0.05, 0.1) is 5.52 Å². The summed E-state index contributed by atoms with van der Waals surface area (Å²) in [6, 6.07) is 9.22. The van der Waals surface area contributed by atoms with Crippen LogP contribution >= 0.6 is 0 Å². The molecule has 1 aliphatic heterocycles. The van der Waals surface area contributed by atoms with Gasteiger partial charge in [0, 0.05) is 30.7 Å². The van der Waals surface area contributed by atoms with Gasteiger partial charge in [-0.15, -0.1) is 0 Å². The van der Waals surface area contributed by atoms with Gasteiger partial charge in [-0.1, -0.05) is 18.2 Å². The summed E-state index contributed by atoms with van der Waals surface area (Å²) in [6.07, 6.45) is 3.52.